The molecule has 3 aromatic rings. The summed E-state index contributed by atoms with van der Waals surface area (Å²) in [5, 5.41) is 5.44. The van der Waals surface area contributed by atoms with Gasteiger partial charge in [-0.3, -0.25) is 4.79 Å². The Morgan fingerprint density at radius 3 is 2.58 bits per heavy atom. The fourth-order valence-electron chi connectivity index (χ4n) is 4.00. The first-order valence-electron chi connectivity index (χ1n) is 10.5. The number of Topliss-reactive ketones (excluding diaryl/α,β-unsaturated/α-hetero) is 1. The summed E-state index contributed by atoms with van der Waals surface area (Å²) in [6, 6.07) is 14.3. The molecule has 1 aliphatic carbocycles. The second-order valence-corrected chi connectivity index (χ2v) is 8.68. The van der Waals surface area contributed by atoms with Gasteiger partial charge in [-0.05, 0) is 65.9 Å². The van der Waals surface area contributed by atoms with Crippen molar-refractivity contribution in [1.82, 2.24) is 5.32 Å². The Morgan fingerprint density at radius 1 is 1.09 bits per heavy atom. The lowest BCUT2D eigenvalue weighted by atomic mass is 9.97. The number of ketones is 1. The Morgan fingerprint density at radius 2 is 1.85 bits per heavy atom. The van der Waals surface area contributed by atoms with E-state index >= 15 is 0 Å². The second kappa shape index (κ2) is 7.96. The Kier molecular flexibility index (Phi) is 5.20. The lowest BCUT2D eigenvalue weighted by molar-refractivity contribution is -0.137. The van der Waals surface area contributed by atoms with Gasteiger partial charge in [0.2, 0.25) is 11.7 Å². The summed E-state index contributed by atoms with van der Waals surface area (Å²) in [5.74, 6) is -0.288. The van der Waals surface area contributed by atoms with Crippen LogP contribution in [0.4, 0.5) is 13.2 Å². The number of carbonyl (C=O) groups excluding carboxylic acids is 1. The largest absolute Gasteiger partial charge is 0.436 e. The first-order chi connectivity index (χ1) is 15.7. The molecule has 0 amide bonds. The van der Waals surface area contributed by atoms with Gasteiger partial charge >= 0.3 is 6.18 Å². The Bertz CT molecular complexity index is 1350. The molecule has 1 aliphatic heterocycles. The minimum atomic E-state index is -4.52. The van der Waals surface area contributed by atoms with Crippen LogP contribution >= 0.6 is 11.6 Å². The van der Waals surface area contributed by atoms with Crippen LogP contribution in [0.15, 0.2) is 66.2 Å². The molecule has 3 aromatic carbocycles. The maximum absolute atomic E-state index is 13.4. The highest BCUT2D eigenvalue weighted by Gasteiger charge is 2.37. The molecular formula is C26H19ClF3NO2. The minimum absolute atomic E-state index is 0.0169. The molecule has 1 heterocycles. The molecule has 0 unspecified atom stereocenters. The zero-order chi connectivity index (χ0) is 23.3. The predicted molar refractivity (Wildman–Crippen MR) is 122 cm³/mol. The third-order valence-electron chi connectivity index (χ3n) is 5.80. The number of fused-ring (bicyclic) bond motifs is 1. The van der Waals surface area contributed by atoms with E-state index < -0.39 is 17.5 Å². The molecule has 0 saturated heterocycles. The molecule has 5 rings (SSSR count). The van der Waals surface area contributed by atoms with E-state index in [1.807, 2.05) is 31.2 Å². The highest BCUT2D eigenvalue weighted by atomic mass is 35.5. The van der Waals surface area contributed by atoms with Gasteiger partial charge in [-0.15, -0.1) is 0 Å². The molecule has 33 heavy (non-hydrogen) atoms. The fraction of sp³-hybridized carbons (Fsp3) is 0.192. The number of hydrogen-bond acceptors (Lipinski definition) is 3. The van der Waals surface area contributed by atoms with Gasteiger partial charge in [0.1, 0.15) is 0 Å². The number of hydrogen-bond donors (Lipinski definition) is 1. The summed E-state index contributed by atoms with van der Waals surface area (Å²) in [7, 11) is 0. The monoisotopic (exact) mass is 469 g/mol. The van der Waals surface area contributed by atoms with E-state index in [9.17, 15) is 18.0 Å². The molecule has 0 radical (unpaired) electrons. The van der Waals surface area contributed by atoms with Gasteiger partial charge in [0.05, 0.1) is 11.1 Å². The molecule has 168 valence electrons. The van der Waals surface area contributed by atoms with Crippen LogP contribution < -0.4 is 5.32 Å². The van der Waals surface area contributed by atoms with E-state index in [-0.39, 0.29) is 28.8 Å². The quantitative estimate of drug-likeness (QED) is 0.423. The number of carbonyl (C=O) groups is 1. The third-order valence-corrected chi connectivity index (χ3v) is 6.13. The van der Waals surface area contributed by atoms with Crippen molar-refractivity contribution in [2.75, 3.05) is 0 Å². The smallest absolute Gasteiger partial charge is 0.416 e. The number of alkyl halides is 3. The standard InChI is InChI=1S/C26H19ClF3NO2/c1-14-4-2-5-15-8-11-20(27)19(22(14)15)13-21-24(32)23(25(33-21)31-18-9-10-18)16-6-3-7-17(12-16)26(28,29)30/h2-8,11-13,18,31H,9-10H2,1H3/b21-13+. The highest BCUT2D eigenvalue weighted by Crippen LogP contribution is 2.39. The van der Waals surface area contributed by atoms with E-state index in [0.29, 0.717) is 10.6 Å². The van der Waals surface area contributed by atoms with Crippen molar-refractivity contribution in [3.63, 3.8) is 0 Å². The van der Waals surface area contributed by atoms with Gasteiger partial charge in [-0.25, -0.2) is 0 Å². The van der Waals surface area contributed by atoms with E-state index in [4.69, 9.17) is 16.3 Å². The van der Waals surface area contributed by atoms with E-state index in [1.54, 1.807) is 12.1 Å². The number of halogens is 4. The van der Waals surface area contributed by atoms with Crippen molar-refractivity contribution in [1.29, 1.82) is 0 Å². The van der Waals surface area contributed by atoms with Crippen LogP contribution in [0, 0.1) is 6.92 Å². The van der Waals surface area contributed by atoms with Crippen molar-refractivity contribution >= 4 is 39.8 Å². The molecule has 1 saturated carbocycles. The lowest BCUT2D eigenvalue weighted by Gasteiger charge is -2.10. The lowest BCUT2D eigenvalue weighted by Crippen LogP contribution is -2.16. The molecule has 3 nitrogen and oxygen atoms in total. The van der Waals surface area contributed by atoms with Crippen molar-refractivity contribution < 1.29 is 22.7 Å². The summed E-state index contributed by atoms with van der Waals surface area (Å²) in [6.45, 7) is 1.95. The van der Waals surface area contributed by atoms with Gasteiger partial charge in [-0.2, -0.15) is 13.2 Å². The fourth-order valence-corrected chi connectivity index (χ4v) is 4.21. The topological polar surface area (TPSA) is 38.3 Å². The highest BCUT2D eigenvalue weighted by molar-refractivity contribution is 6.35. The summed E-state index contributed by atoms with van der Waals surface area (Å²) >= 11 is 6.49. The Balaban J connectivity index is 1.62. The van der Waals surface area contributed by atoms with E-state index in [0.717, 1.165) is 41.3 Å². The van der Waals surface area contributed by atoms with Crippen LogP contribution in [-0.2, 0) is 15.7 Å². The molecule has 1 N–H and O–H groups in total. The number of rotatable bonds is 4. The number of allylic oxidation sites excluding steroid dienone is 1. The predicted octanol–water partition coefficient (Wildman–Crippen LogP) is 6.88. The van der Waals surface area contributed by atoms with Crippen molar-refractivity contribution in [2.45, 2.75) is 32.0 Å². The molecule has 0 atom stereocenters. The van der Waals surface area contributed by atoms with Crippen LogP contribution in [0.3, 0.4) is 0 Å². The molecule has 2 aliphatic rings. The van der Waals surface area contributed by atoms with Gasteiger partial charge in [0, 0.05) is 16.6 Å². The van der Waals surface area contributed by atoms with Crippen LogP contribution in [0.2, 0.25) is 5.02 Å². The maximum Gasteiger partial charge on any atom is 0.416 e. The van der Waals surface area contributed by atoms with E-state index in [2.05, 4.69) is 5.32 Å². The van der Waals surface area contributed by atoms with Crippen molar-refractivity contribution in [3.05, 3.63) is 93.5 Å². The molecule has 7 heteroatoms. The maximum atomic E-state index is 13.4. The van der Waals surface area contributed by atoms with Crippen LogP contribution in [-0.4, -0.2) is 11.8 Å². The average molecular weight is 470 g/mol. The zero-order valence-corrected chi connectivity index (χ0v) is 18.3. The average Bonchev–Trinajstić information content (AvgIpc) is 3.53. The second-order valence-electron chi connectivity index (χ2n) is 8.28. The summed E-state index contributed by atoms with van der Waals surface area (Å²) in [5.41, 5.74) is 1.03. The number of benzene rings is 3. The van der Waals surface area contributed by atoms with Gasteiger partial charge in [0.15, 0.2) is 5.76 Å². The Labute approximate surface area is 193 Å². The summed E-state index contributed by atoms with van der Waals surface area (Å²) < 4.78 is 45.8. The van der Waals surface area contributed by atoms with Crippen molar-refractivity contribution in [3.8, 4) is 0 Å². The van der Waals surface area contributed by atoms with Gasteiger partial charge < -0.3 is 10.1 Å². The first-order valence-corrected chi connectivity index (χ1v) is 10.9. The SMILES string of the molecule is Cc1cccc2ccc(Cl)c(/C=C3/OC(NC4CC4)=C(c4cccc(C(F)(F)F)c4)C3=O)c12. The minimum Gasteiger partial charge on any atom is -0.436 e. The van der Waals surface area contributed by atoms with Gasteiger partial charge in [-0.1, -0.05) is 48.0 Å². The number of aryl methyl sites for hydroxylation is 1. The Hall–Kier alpha value is -3.25. The summed E-state index contributed by atoms with van der Waals surface area (Å²) in [4.78, 5) is 13.4. The zero-order valence-electron chi connectivity index (χ0n) is 17.6. The molecule has 0 bridgehead atoms. The number of nitrogens with one attached hydrogen (secondary N) is 1. The first kappa shape index (κ1) is 21.6. The number of ether oxygens (including phenoxy) is 1. The summed E-state index contributed by atoms with van der Waals surface area (Å²) in [6.07, 6.45) is -1.13. The van der Waals surface area contributed by atoms with Crippen LogP contribution in [0.1, 0.15) is 35.1 Å². The molecule has 0 aromatic heterocycles. The molecule has 1 fully saturated rings. The molecular weight excluding hydrogens is 451 g/mol. The van der Waals surface area contributed by atoms with Crippen LogP contribution in [0.25, 0.3) is 22.4 Å². The van der Waals surface area contributed by atoms with E-state index in [1.165, 1.54) is 12.1 Å². The van der Waals surface area contributed by atoms with Crippen molar-refractivity contribution in [2.24, 2.45) is 0 Å². The van der Waals surface area contributed by atoms with Gasteiger partial charge in [0.25, 0.3) is 0 Å². The molecule has 0 spiro atoms. The third kappa shape index (κ3) is 4.11. The normalized spacial score (nSPS) is 17.7. The van der Waals surface area contributed by atoms with Crippen LogP contribution in [0.5, 0.6) is 0 Å².